The maximum Gasteiger partial charge on any atom is 0.276 e. The second-order valence-electron chi connectivity index (χ2n) is 5.79. The van der Waals surface area contributed by atoms with Crippen molar-refractivity contribution in [3.05, 3.63) is 29.3 Å². The molecule has 2 aromatic rings. The highest BCUT2D eigenvalue weighted by atomic mass is 32.1. The summed E-state index contributed by atoms with van der Waals surface area (Å²) in [7, 11) is 0. The number of thiophene rings is 1. The number of rotatable bonds is 3. The van der Waals surface area contributed by atoms with Gasteiger partial charge in [0.15, 0.2) is 17.7 Å². The van der Waals surface area contributed by atoms with Gasteiger partial charge in [0.2, 0.25) is 0 Å². The van der Waals surface area contributed by atoms with E-state index in [0.717, 1.165) is 17.7 Å². The van der Waals surface area contributed by atoms with Crippen LogP contribution in [0.5, 0.6) is 0 Å². The summed E-state index contributed by atoms with van der Waals surface area (Å²) in [6.07, 6.45) is 1.70. The first-order valence-corrected chi connectivity index (χ1v) is 8.72. The van der Waals surface area contributed by atoms with E-state index in [9.17, 15) is 4.79 Å². The first-order valence-electron chi connectivity index (χ1n) is 7.84. The molecule has 4 heterocycles. The van der Waals surface area contributed by atoms with Gasteiger partial charge in [0.25, 0.3) is 5.91 Å². The van der Waals surface area contributed by atoms with Gasteiger partial charge in [0, 0.05) is 25.1 Å². The van der Waals surface area contributed by atoms with E-state index < -0.39 is 0 Å². The molecule has 7 heteroatoms. The van der Waals surface area contributed by atoms with Gasteiger partial charge in [-0.25, -0.2) is 0 Å². The number of hydrogen-bond acceptors (Lipinski definition) is 6. The Labute approximate surface area is 138 Å². The van der Waals surface area contributed by atoms with Crippen LogP contribution in [0, 0.1) is 5.92 Å². The topological polar surface area (TPSA) is 64.8 Å². The van der Waals surface area contributed by atoms with Crippen molar-refractivity contribution in [3.8, 4) is 10.6 Å². The molecule has 0 aliphatic carbocycles. The maximum absolute atomic E-state index is 12.6. The number of piperidine rings is 1. The van der Waals surface area contributed by atoms with E-state index in [1.54, 1.807) is 17.4 Å². The number of aromatic nitrogens is 1. The fourth-order valence-electron chi connectivity index (χ4n) is 3.10. The molecule has 4 rings (SSSR count). The van der Waals surface area contributed by atoms with E-state index >= 15 is 0 Å². The number of carbonyl (C=O) groups is 1. The van der Waals surface area contributed by atoms with Crippen LogP contribution in [-0.4, -0.2) is 48.6 Å². The molecule has 6 nitrogen and oxygen atoms in total. The second-order valence-corrected chi connectivity index (χ2v) is 6.74. The first kappa shape index (κ1) is 14.9. The summed E-state index contributed by atoms with van der Waals surface area (Å²) in [4.78, 5) is 15.4. The third kappa shape index (κ3) is 3.04. The quantitative estimate of drug-likeness (QED) is 0.863. The van der Waals surface area contributed by atoms with Crippen LogP contribution < -0.4 is 0 Å². The number of amides is 1. The molecule has 0 N–H and O–H groups in total. The standard InChI is InChI=1S/C16H18N2O4S/c19-15(12-10-13(22-17-12)14-2-1-9-23-14)18-5-3-11(4-6-18)16-20-7-8-21-16/h1-2,9-11,16H,3-8H2. The molecule has 0 unspecified atom stereocenters. The van der Waals surface area contributed by atoms with Crippen molar-refractivity contribution in [2.75, 3.05) is 26.3 Å². The summed E-state index contributed by atoms with van der Waals surface area (Å²) < 4.78 is 16.4. The van der Waals surface area contributed by atoms with Crippen LogP contribution in [0.25, 0.3) is 10.6 Å². The SMILES string of the molecule is O=C(c1cc(-c2cccs2)on1)N1CCC(C2OCCO2)CC1. The molecule has 1 amide bonds. The molecule has 2 aliphatic heterocycles. The Hall–Kier alpha value is -1.70. The summed E-state index contributed by atoms with van der Waals surface area (Å²) in [6.45, 7) is 2.75. The van der Waals surface area contributed by atoms with E-state index in [1.165, 1.54) is 0 Å². The molecule has 2 aliphatic rings. The number of carbonyl (C=O) groups excluding carboxylic acids is 1. The minimum Gasteiger partial charge on any atom is -0.355 e. The van der Waals surface area contributed by atoms with Gasteiger partial charge in [-0.05, 0) is 24.3 Å². The molecule has 2 aromatic heterocycles. The average Bonchev–Trinajstić information content (AvgIpc) is 3.36. The van der Waals surface area contributed by atoms with Gasteiger partial charge in [-0.15, -0.1) is 11.3 Å². The van der Waals surface area contributed by atoms with Gasteiger partial charge in [0.05, 0.1) is 18.1 Å². The van der Waals surface area contributed by atoms with Crippen LogP contribution in [0.2, 0.25) is 0 Å². The van der Waals surface area contributed by atoms with Crippen molar-refractivity contribution in [3.63, 3.8) is 0 Å². The molecule has 122 valence electrons. The lowest BCUT2D eigenvalue weighted by Gasteiger charge is -2.33. The van der Waals surface area contributed by atoms with Crippen LogP contribution in [0.1, 0.15) is 23.3 Å². The van der Waals surface area contributed by atoms with E-state index in [-0.39, 0.29) is 12.2 Å². The smallest absolute Gasteiger partial charge is 0.276 e. The van der Waals surface area contributed by atoms with Gasteiger partial charge in [-0.1, -0.05) is 11.2 Å². The molecule has 0 bridgehead atoms. The molecule has 2 fully saturated rings. The Kier molecular flexibility index (Phi) is 4.15. The van der Waals surface area contributed by atoms with Crippen molar-refractivity contribution in [1.29, 1.82) is 0 Å². The third-order valence-electron chi connectivity index (χ3n) is 4.35. The maximum atomic E-state index is 12.6. The highest BCUT2D eigenvalue weighted by molar-refractivity contribution is 7.13. The molecule has 0 saturated carbocycles. The number of hydrogen-bond donors (Lipinski definition) is 0. The van der Waals surface area contributed by atoms with Crippen molar-refractivity contribution >= 4 is 17.2 Å². The number of ether oxygens (including phenoxy) is 2. The summed E-state index contributed by atoms with van der Waals surface area (Å²) in [5, 5.41) is 5.90. The van der Waals surface area contributed by atoms with E-state index in [4.69, 9.17) is 14.0 Å². The van der Waals surface area contributed by atoms with Crippen molar-refractivity contribution in [2.24, 2.45) is 5.92 Å². The minimum atomic E-state index is -0.0928. The molecule has 0 radical (unpaired) electrons. The second kappa shape index (κ2) is 6.43. The predicted octanol–water partition coefficient (Wildman–Crippen LogP) is 2.63. The predicted molar refractivity (Wildman–Crippen MR) is 84.1 cm³/mol. The molecule has 23 heavy (non-hydrogen) atoms. The summed E-state index contributed by atoms with van der Waals surface area (Å²) in [5.41, 5.74) is 0.375. The van der Waals surface area contributed by atoms with E-state index in [0.29, 0.717) is 43.7 Å². The lowest BCUT2D eigenvalue weighted by molar-refractivity contribution is -0.0956. The Balaban J connectivity index is 1.38. The number of nitrogens with zero attached hydrogens (tertiary/aromatic N) is 2. The zero-order chi connectivity index (χ0) is 15.6. The highest BCUT2D eigenvalue weighted by Gasteiger charge is 2.32. The molecule has 0 spiro atoms. The number of likely N-dealkylation sites (tertiary alicyclic amines) is 1. The lowest BCUT2D eigenvalue weighted by atomic mass is 9.96. The van der Waals surface area contributed by atoms with Gasteiger partial charge in [0.1, 0.15) is 0 Å². The molecule has 0 atom stereocenters. The van der Waals surface area contributed by atoms with Gasteiger partial charge in [-0.2, -0.15) is 0 Å². The Bertz CT molecular complexity index is 655. The van der Waals surface area contributed by atoms with Crippen LogP contribution in [0.4, 0.5) is 0 Å². The fraction of sp³-hybridized carbons (Fsp3) is 0.500. The normalized spacial score (nSPS) is 20.3. The van der Waals surface area contributed by atoms with Crippen LogP contribution >= 0.6 is 11.3 Å². The van der Waals surface area contributed by atoms with Crippen molar-refractivity contribution < 1.29 is 18.8 Å². The summed E-state index contributed by atoms with van der Waals surface area (Å²) >= 11 is 1.56. The lowest BCUT2D eigenvalue weighted by Crippen LogP contribution is -2.41. The minimum absolute atomic E-state index is 0.0664. The molecular formula is C16H18N2O4S. The monoisotopic (exact) mass is 334 g/mol. The Morgan fingerprint density at radius 2 is 2.04 bits per heavy atom. The Morgan fingerprint density at radius 1 is 1.26 bits per heavy atom. The summed E-state index contributed by atoms with van der Waals surface area (Å²) in [6, 6.07) is 5.62. The van der Waals surface area contributed by atoms with Crippen LogP contribution in [0.15, 0.2) is 28.1 Å². The average molecular weight is 334 g/mol. The zero-order valence-corrected chi connectivity index (χ0v) is 13.5. The third-order valence-corrected chi connectivity index (χ3v) is 5.24. The molecular weight excluding hydrogens is 316 g/mol. The highest BCUT2D eigenvalue weighted by Crippen LogP contribution is 2.28. The van der Waals surface area contributed by atoms with Crippen molar-refractivity contribution in [2.45, 2.75) is 19.1 Å². The van der Waals surface area contributed by atoms with Crippen LogP contribution in [0.3, 0.4) is 0 Å². The molecule has 2 saturated heterocycles. The van der Waals surface area contributed by atoms with E-state index in [2.05, 4.69) is 5.16 Å². The zero-order valence-electron chi connectivity index (χ0n) is 12.6. The first-order chi connectivity index (χ1) is 11.3. The van der Waals surface area contributed by atoms with Crippen molar-refractivity contribution in [1.82, 2.24) is 10.1 Å². The van der Waals surface area contributed by atoms with E-state index in [1.807, 2.05) is 22.4 Å². The van der Waals surface area contributed by atoms with Gasteiger partial charge in [-0.3, -0.25) is 4.79 Å². The fourth-order valence-corrected chi connectivity index (χ4v) is 3.77. The van der Waals surface area contributed by atoms with Gasteiger partial charge < -0.3 is 18.9 Å². The largest absolute Gasteiger partial charge is 0.355 e. The molecule has 0 aromatic carbocycles. The Morgan fingerprint density at radius 3 is 2.74 bits per heavy atom. The summed E-state index contributed by atoms with van der Waals surface area (Å²) in [5.74, 6) is 0.954. The van der Waals surface area contributed by atoms with Gasteiger partial charge >= 0.3 is 0 Å². The van der Waals surface area contributed by atoms with Crippen LogP contribution in [-0.2, 0) is 9.47 Å².